The van der Waals surface area contributed by atoms with Crippen molar-refractivity contribution in [1.29, 1.82) is 0 Å². The van der Waals surface area contributed by atoms with Gasteiger partial charge in [0, 0.05) is 26.7 Å². The second-order valence-corrected chi connectivity index (χ2v) is 4.33. The third-order valence-electron chi connectivity index (χ3n) is 2.90. The van der Waals surface area contributed by atoms with E-state index in [-0.39, 0.29) is 12.6 Å². The van der Waals surface area contributed by atoms with E-state index >= 15 is 0 Å². The summed E-state index contributed by atoms with van der Waals surface area (Å²) < 4.78 is 4.99. The van der Waals surface area contributed by atoms with Crippen LogP contribution in [0.15, 0.2) is 0 Å². The van der Waals surface area contributed by atoms with Gasteiger partial charge in [-0.15, -0.1) is 0 Å². The van der Waals surface area contributed by atoms with Gasteiger partial charge < -0.3 is 25.4 Å². The number of amides is 3. The number of aliphatic carboxylic acids is 1. The summed E-state index contributed by atoms with van der Waals surface area (Å²) in [5.74, 6) is -1.56. The maximum atomic E-state index is 11.9. The predicted molar refractivity (Wildman–Crippen MR) is 65.6 cm³/mol. The lowest BCUT2D eigenvalue weighted by Gasteiger charge is -2.34. The Morgan fingerprint density at radius 1 is 1.63 bits per heavy atom. The summed E-state index contributed by atoms with van der Waals surface area (Å²) in [5, 5.41) is 13.9. The Balaban J connectivity index is 2.63. The lowest BCUT2D eigenvalue weighted by Crippen LogP contribution is -2.60. The van der Waals surface area contributed by atoms with Gasteiger partial charge in [0.2, 0.25) is 5.91 Å². The van der Waals surface area contributed by atoms with Crippen molar-refractivity contribution in [3.8, 4) is 0 Å². The number of nitrogens with one attached hydrogen (secondary N) is 2. The van der Waals surface area contributed by atoms with Crippen LogP contribution < -0.4 is 10.6 Å². The van der Waals surface area contributed by atoms with Gasteiger partial charge in [-0.2, -0.15) is 0 Å². The molecular weight excluding hydrogens is 254 g/mol. The Morgan fingerprint density at radius 2 is 2.32 bits per heavy atom. The zero-order valence-corrected chi connectivity index (χ0v) is 11.0. The minimum absolute atomic E-state index is 0.152. The molecule has 1 heterocycles. The molecule has 0 aromatic carbocycles. The third-order valence-corrected chi connectivity index (χ3v) is 2.90. The molecule has 0 radical (unpaired) electrons. The molecule has 3 N–H and O–H groups in total. The smallest absolute Gasteiger partial charge is 0.318 e. The van der Waals surface area contributed by atoms with Gasteiger partial charge in [0.25, 0.3) is 0 Å². The number of hydrogen-bond acceptors (Lipinski definition) is 4. The van der Waals surface area contributed by atoms with Crippen molar-refractivity contribution in [3.63, 3.8) is 0 Å². The number of carboxylic acid groups (broad SMARTS) is 1. The summed E-state index contributed by atoms with van der Waals surface area (Å²) >= 11 is 0. The first-order valence-electron chi connectivity index (χ1n) is 6.02. The van der Waals surface area contributed by atoms with E-state index in [0.717, 1.165) is 0 Å². The monoisotopic (exact) mass is 273 g/mol. The number of piperazine rings is 1. The molecule has 108 valence electrons. The molecule has 1 aliphatic heterocycles. The zero-order chi connectivity index (χ0) is 14.4. The lowest BCUT2D eigenvalue weighted by atomic mass is 10.1. The van der Waals surface area contributed by atoms with Gasteiger partial charge in [0.15, 0.2) is 0 Å². The molecule has 3 amide bonds. The molecule has 19 heavy (non-hydrogen) atoms. The first kappa shape index (κ1) is 15.2. The molecule has 0 saturated carbocycles. The summed E-state index contributed by atoms with van der Waals surface area (Å²) in [6.07, 6.45) is -0.556. The van der Waals surface area contributed by atoms with E-state index in [1.54, 1.807) is 6.92 Å². The Bertz CT molecular complexity index is 360. The largest absolute Gasteiger partial charge is 0.481 e. The van der Waals surface area contributed by atoms with Gasteiger partial charge in [-0.25, -0.2) is 4.79 Å². The van der Waals surface area contributed by atoms with Crippen LogP contribution in [-0.4, -0.2) is 66.8 Å². The van der Waals surface area contributed by atoms with Gasteiger partial charge in [-0.1, -0.05) is 0 Å². The van der Waals surface area contributed by atoms with Crippen LogP contribution >= 0.6 is 0 Å². The number of urea groups is 1. The van der Waals surface area contributed by atoms with Crippen molar-refractivity contribution < 1.29 is 24.2 Å². The number of rotatable bonds is 5. The predicted octanol–water partition coefficient (Wildman–Crippen LogP) is -0.994. The molecule has 1 rings (SSSR count). The number of carbonyl (C=O) groups excluding carboxylic acids is 2. The van der Waals surface area contributed by atoms with Gasteiger partial charge in [-0.05, 0) is 6.92 Å². The highest BCUT2D eigenvalue weighted by atomic mass is 16.5. The molecule has 1 fully saturated rings. The number of hydrogen-bond donors (Lipinski definition) is 3. The normalized spacial score (nSPS) is 20.6. The van der Waals surface area contributed by atoms with Crippen LogP contribution in [0.4, 0.5) is 4.79 Å². The SMILES string of the molecule is COC(C)CNC(=O)N1CCNC(=O)C1CC(=O)O. The van der Waals surface area contributed by atoms with Crippen LogP contribution in [0.5, 0.6) is 0 Å². The lowest BCUT2D eigenvalue weighted by molar-refractivity contribution is -0.142. The topological polar surface area (TPSA) is 108 Å². The summed E-state index contributed by atoms with van der Waals surface area (Å²) in [7, 11) is 1.53. The van der Waals surface area contributed by atoms with E-state index in [9.17, 15) is 14.4 Å². The van der Waals surface area contributed by atoms with Crippen molar-refractivity contribution in [1.82, 2.24) is 15.5 Å². The number of methoxy groups -OCH3 is 1. The molecule has 8 heteroatoms. The van der Waals surface area contributed by atoms with Crippen molar-refractivity contribution in [2.24, 2.45) is 0 Å². The Hall–Kier alpha value is -1.83. The van der Waals surface area contributed by atoms with E-state index in [1.165, 1.54) is 12.0 Å². The summed E-state index contributed by atoms with van der Waals surface area (Å²) in [5.41, 5.74) is 0. The molecule has 0 aromatic heterocycles. The minimum Gasteiger partial charge on any atom is -0.481 e. The van der Waals surface area contributed by atoms with Crippen LogP contribution in [-0.2, 0) is 14.3 Å². The van der Waals surface area contributed by atoms with Gasteiger partial charge in [0.05, 0.1) is 12.5 Å². The number of carbonyl (C=O) groups is 3. The number of ether oxygens (including phenoxy) is 1. The van der Waals surface area contributed by atoms with Crippen molar-refractivity contribution >= 4 is 17.9 Å². The fourth-order valence-corrected chi connectivity index (χ4v) is 1.74. The molecule has 2 unspecified atom stereocenters. The maximum absolute atomic E-state index is 11.9. The first-order valence-corrected chi connectivity index (χ1v) is 6.02. The molecule has 1 saturated heterocycles. The molecule has 0 aromatic rings. The fourth-order valence-electron chi connectivity index (χ4n) is 1.74. The molecule has 0 bridgehead atoms. The standard InChI is InChI=1S/C11H19N3O5/c1-7(19-2)6-13-11(18)14-4-3-12-10(17)8(14)5-9(15)16/h7-8H,3-6H2,1-2H3,(H,12,17)(H,13,18)(H,15,16). The fraction of sp³-hybridized carbons (Fsp3) is 0.727. The zero-order valence-electron chi connectivity index (χ0n) is 11.0. The molecular formula is C11H19N3O5. The molecule has 0 aliphatic carbocycles. The van der Waals surface area contributed by atoms with Crippen LogP contribution in [0.25, 0.3) is 0 Å². The van der Waals surface area contributed by atoms with E-state index < -0.39 is 30.4 Å². The Kier molecular flexibility index (Phi) is 5.56. The average molecular weight is 273 g/mol. The van der Waals surface area contributed by atoms with Gasteiger partial charge >= 0.3 is 12.0 Å². The Morgan fingerprint density at radius 3 is 2.89 bits per heavy atom. The second-order valence-electron chi connectivity index (χ2n) is 4.33. The highest BCUT2D eigenvalue weighted by Gasteiger charge is 2.34. The molecule has 8 nitrogen and oxygen atoms in total. The quantitative estimate of drug-likeness (QED) is 0.596. The molecule has 0 spiro atoms. The third kappa shape index (κ3) is 4.40. The van der Waals surface area contributed by atoms with Crippen LogP contribution in [0.1, 0.15) is 13.3 Å². The highest BCUT2D eigenvalue weighted by Crippen LogP contribution is 2.09. The molecule has 1 aliphatic rings. The average Bonchev–Trinajstić information content (AvgIpc) is 2.37. The van der Waals surface area contributed by atoms with E-state index in [1.807, 2.05) is 0 Å². The summed E-state index contributed by atoms with van der Waals surface area (Å²) in [4.78, 5) is 35.5. The Labute approximate surface area is 111 Å². The van der Waals surface area contributed by atoms with E-state index in [2.05, 4.69) is 10.6 Å². The van der Waals surface area contributed by atoms with Crippen LogP contribution in [0.2, 0.25) is 0 Å². The summed E-state index contributed by atoms with van der Waals surface area (Å²) in [6.45, 7) is 2.70. The maximum Gasteiger partial charge on any atom is 0.318 e. The van der Waals surface area contributed by atoms with Crippen molar-refractivity contribution in [3.05, 3.63) is 0 Å². The van der Waals surface area contributed by atoms with Crippen molar-refractivity contribution in [2.45, 2.75) is 25.5 Å². The number of carboxylic acids is 1. The summed E-state index contributed by atoms with van der Waals surface area (Å²) in [6, 6.07) is -1.42. The minimum atomic E-state index is -1.12. The van der Waals surface area contributed by atoms with Crippen LogP contribution in [0.3, 0.4) is 0 Å². The number of nitrogens with zero attached hydrogens (tertiary/aromatic N) is 1. The first-order chi connectivity index (χ1) is 8.95. The van der Waals surface area contributed by atoms with E-state index in [4.69, 9.17) is 9.84 Å². The van der Waals surface area contributed by atoms with Crippen molar-refractivity contribution in [2.75, 3.05) is 26.7 Å². The van der Waals surface area contributed by atoms with Crippen LogP contribution in [0, 0.1) is 0 Å². The van der Waals surface area contributed by atoms with Gasteiger partial charge in [0.1, 0.15) is 6.04 Å². The highest BCUT2D eigenvalue weighted by molar-refractivity contribution is 5.91. The van der Waals surface area contributed by atoms with E-state index in [0.29, 0.717) is 13.1 Å². The van der Waals surface area contributed by atoms with Gasteiger partial charge in [-0.3, -0.25) is 9.59 Å². The molecule has 2 atom stereocenters. The second kappa shape index (κ2) is 6.93.